The molecule has 2 N–H and O–H groups in total. The number of rotatable bonds is 4. The zero-order valence-electron chi connectivity index (χ0n) is 14.8. The Balaban J connectivity index is 1.95. The van der Waals surface area contributed by atoms with Gasteiger partial charge in [-0.1, -0.05) is 0 Å². The summed E-state index contributed by atoms with van der Waals surface area (Å²) in [5, 5.41) is 18.6. The third-order valence-electron chi connectivity index (χ3n) is 5.13. The summed E-state index contributed by atoms with van der Waals surface area (Å²) in [7, 11) is 0. The van der Waals surface area contributed by atoms with E-state index in [0.717, 1.165) is 21.2 Å². The van der Waals surface area contributed by atoms with E-state index in [1.54, 1.807) is 11.0 Å². The molecule has 7 nitrogen and oxygen atoms in total. The first kappa shape index (κ1) is 18.9. The highest BCUT2D eigenvalue weighted by atomic mass is 79.9. The topological polar surface area (TPSA) is 85.5 Å². The molecule has 0 radical (unpaired) electrons. The molecule has 1 saturated heterocycles. The number of aromatic carboxylic acids is 1. The summed E-state index contributed by atoms with van der Waals surface area (Å²) >= 11 is 3.47. The van der Waals surface area contributed by atoms with Gasteiger partial charge < -0.3 is 19.5 Å². The van der Waals surface area contributed by atoms with Gasteiger partial charge in [-0.3, -0.25) is 9.69 Å². The van der Waals surface area contributed by atoms with E-state index in [4.69, 9.17) is 5.11 Å². The van der Waals surface area contributed by atoms with E-state index in [1.807, 2.05) is 23.6 Å². The summed E-state index contributed by atoms with van der Waals surface area (Å²) in [6, 6.07) is 3.58. The number of halogens is 1. The second-order valence-corrected chi connectivity index (χ2v) is 7.49. The third kappa shape index (κ3) is 3.36. The molecule has 26 heavy (non-hydrogen) atoms. The Morgan fingerprint density at radius 2 is 1.88 bits per heavy atom. The highest BCUT2D eigenvalue weighted by Crippen LogP contribution is 2.30. The number of carbonyl (C=O) groups is 2. The fourth-order valence-corrected chi connectivity index (χ4v) is 4.15. The second-order valence-electron chi connectivity index (χ2n) is 6.58. The number of hydrogen-bond donors (Lipinski definition) is 2. The maximum atomic E-state index is 11.7. The van der Waals surface area contributed by atoms with Crippen LogP contribution in [0.15, 0.2) is 22.8 Å². The molecule has 0 aromatic carbocycles. The lowest BCUT2D eigenvalue weighted by Crippen LogP contribution is -2.50. The highest BCUT2D eigenvalue weighted by Gasteiger charge is 2.28. The molecular formula is C18H22BrN3O4. The van der Waals surface area contributed by atoms with Crippen molar-refractivity contribution in [1.29, 1.82) is 0 Å². The summed E-state index contributed by atoms with van der Waals surface area (Å²) in [5.74, 6) is -1.19. The van der Waals surface area contributed by atoms with Crippen LogP contribution in [0.25, 0.3) is 5.52 Å². The molecule has 8 heteroatoms. The lowest BCUT2D eigenvalue weighted by Gasteiger charge is -2.38. The third-order valence-corrected chi connectivity index (χ3v) is 5.57. The zero-order valence-corrected chi connectivity index (χ0v) is 16.4. The van der Waals surface area contributed by atoms with Gasteiger partial charge in [-0.15, -0.1) is 0 Å². The predicted molar refractivity (Wildman–Crippen MR) is 100 cm³/mol. The van der Waals surface area contributed by atoms with Crippen molar-refractivity contribution in [2.75, 3.05) is 32.8 Å². The van der Waals surface area contributed by atoms with Crippen molar-refractivity contribution >= 4 is 33.3 Å². The fraction of sp³-hybridized carbons (Fsp3) is 0.444. The van der Waals surface area contributed by atoms with Crippen molar-refractivity contribution in [2.45, 2.75) is 19.9 Å². The Kier molecular flexibility index (Phi) is 5.36. The molecule has 1 amide bonds. The molecule has 1 atom stereocenters. The van der Waals surface area contributed by atoms with Crippen molar-refractivity contribution < 1.29 is 19.8 Å². The number of aromatic nitrogens is 1. The van der Waals surface area contributed by atoms with Gasteiger partial charge in [-0.05, 0) is 47.5 Å². The van der Waals surface area contributed by atoms with E-state index in [1.165, 1.54) is 0 Å². The van der Waals surface area contributed by atoms with Crippen LogP contribution in [0.2, 0.25) is 0 Å². The average molecular weight is 424 g/mol. The Bertz CT molecular complexity index is 856. The van der Waals surface area contributed by atoms with Crippen molar-refractivity contribution in [1.82, 2.24) is 14.2 Å². The average Bonchev–Trinajstić information content (AvgIpc) is 2.99. The van der Waals surface area contributed by atoms with Crippen LogP contribution in [0.1, 0.15) is 34.6 Å². The number of amides is 1. The normalized spacial score (nSPS) is 16.8. The van der Waals surface area contributed by atoms with E-state index in [0.29, 0.717) is 31.7 Å². The van der Waals surface area contributed by atoms with Gasteiger partial charge in [-0.25, -0.2) is 4.79 Å². The van der Waals surface area contributed by atoms with Gasteiger partial charge in [-0.2, -0.15) is 0 Å². The maximum absolute atomic E-state index is 11.7. The number of carboxylic acids is 1. The first-order valence-corrected chi connectivity index (χ1v) is 9.30. The molecule has 3 rings (SSSR count). The molecule has 0 spiro atoms. The van der Waals surface area contributed by atoms with Gasteiger partial charge in [0.05, 0.1) is 5.56 Å². The second kappa shape index (κ2) is 7.38. The van der Waals surface area contributed by atoms with Gasteiger partial charge in [0.1, 0.15) is 6.61 Å². The van der Waals surface area contributed by atoms with Crippen molar-refractivity contribution in [2.24, 2.45) is 0 Å². The number of pyridine rings is 1. The molecular weight excluding hydrogens is 402 g/mol. The van der Waals surface area contributed by atoms with Crippen LogP contribution in [-0.4, -0.2) is 69.1 Å². The van der Waals surface area contributed by atoms with Crippen LogP contribution < -0.4 is 0 Å². The number of aliphatic hydroxyl groups excluding tert-OH is 1. The maximum Gasteiger partial charge on any atom is 0.336 e. The van der Waals surface area contributed by atoms with E-state index in [9.17, 15) is 14.7 Å². The molecule has 0 saturated carbocycles. The Labute approximate surface area is 159 Å². The van der Waals surface area contributed by atoms with Gasteiger partial charge in [0.15, 0.2) is 0 Å². The lowest BCUT2D eigenvalue weighted by atomic mass is 10.0. The van der Waals surface area contributed by atoms with Crippen molar-refractivity contribution in [3.8, 4) is 0 Å². The van der Waals surface area contributed by atoms with Gasteiger partial charge in [0, 0.05) is 54.1 Å². The quantitative estimate of drug-likeness (QED) is 0.784. The smallest absolute Gasteiger partial charge is 0.336 e. The Morgan fingerprint density at radius 1 is 1.23 bits per heavy atom. The number of carbonyl (C=O) groups excluding carboxylic acids is 1. The summed E-state index contributed by atoms with van der Waals surface area (Å²) in [5.41, 5.74) is 2.82. The molecule has 2 aromatic rings. The number of piperazine rings is 1. The summed E-state index contributed by atoms with van der Waals surface area (Å²) in [6.45, 7) is 5.90. The number of hydrogen-bond acceptors (Lipinski definition) is 4. The standard InChI is InChI=1S/C18H22BrN3O4/c1-11-15(18(25)26)8-14-7-13(19)9-22(14)17(11)12(2)20-3-5-21(6-4-20)16(24)10-23/h7-9,12,23H,3-6,10H2,1-2H3,(H,25,26). The number of nitrogens with zero attached hydrogens (tertiary/aromatic N) is 3. The van der Waals surface area contributed by atoms with E-state index in [-0.39, 0.29) is 11.9 Å². The highest BCUT2D eigenvalue weighted by molar-refractivity contribution is 9.10. The van der Waals surface area contributed by atoms with Crippen molar-refractivity contribution in [3.05, 3.63) is 39.6 Å². The molecule has 140 valence electrons. The van der Waals surface area contributed by atoms with Gasteiger partial charge in [0.25, 0.3) is 0 Å². The molecule has 1 unspecified atom stereocenters. The SMILES string of the molecule is Cc1c(C(=O)O)cc2cc(Br)cn2c1C(C)N1CCN(C(=O)CO)CC1. The van der Waals surface area contributed by atoms with Crippen LogP contribution in [0.4, 0.5) is 0 Å². The van der Waals surface area contributed by atoms with Crippen LogP contribution in [0.3, 0.4) is 0 Å². The minimum Gasteiger partial charge on any atom is -0.478 e. The van der Waals surface area contributed by atoms with Crippen LogP contribution >= 0.6 is 15.9 Å². The number of carboxylic acid groups (broad SMARTS) is 1. The van der Waals surface area contributed by atoms with Crippen molar-refractivity contribution in [3.63, 3.8) is 0 Å². The molecule has 0 aliphatic carbocycles. The molecule has 1 fully saturated rings. The lowest BCUT2D eigenvalue weighted by molar-refractivity contribution is -0.136. The fourth-order valence-electron chi connectivity index (χ4n) is 3.71. The molecule has 1 aliphatic heterocycles. The minimum absolute atomic E-state index is 0.0116. The number of fused-ring (bicyclic) bond motifs is 1. The van der Waals surface area contributed by atoms with E-state index >= 15 is 0 Å². The van der Waals surface area contributed by atoms with Gasteiger partial charge in [0.2, 0.25) is 5.91 Å². The van der Waals surface area contributed by atoms with Gasteiger partial charge >= 0.3 is 5.97 Å². The summed E-state index contributed by atoms with van der Waals surface area (Å²) in [6.07, 6.45) is 1.95. The minimum atomic E-state index is -0.936. The monoisotopic (exact) mass is 423 g/mol. The summed E-state index contributed by atoms with van der Waals surface area (Å²) < 4.78 is 2.92. The first-order chi connectivity index (χ1) is 12.3. The first-order valence-electron chi connectivity index (χ1n) is 8.50. The largest absolute Gasteiger partial charge is 0.478 e. The van der Waals surface area contributed by atoms with Crippen LogP contribution in [0.5, 0.6) is 0 Å². The van der Waals surface area contributed by atoms with Crippen LogP contribution in [-0.2, 0) is 4.79 Å². The molecule has 3 heterocycles. The molecule has 2 aromatic heterocycles. The predicted octanol–water partition coefficient (Wildman–Crippen LogP) is 1.91. The van der Waals surface area contributed by atoms with Crippen LogP contribution in [0, 0.1) is 6.92 Å². The number of aliphatic hydroxyl groups is 1. The Hall–Kier alpha value is -1.90. The summed E-state index contributed by atoms with van der Waals surface area (Å²) in [4.78, 5) is 27.2. The zero-order chi connectivity index (χ0) is 19.0. The van der Waals surface area contributed by atoms with E-state index in [2.05, 4.69) is 27.8 Å². The van der Waals surface area contributed by atoms with E-state index < -0.39 is 12.6 Å². The Morgan fingerprint density at radius 3 is 2.46 bits per heavy atom. The molecule has 0 bridgehead atoms. The molecule has 1 aliphatic rings.